The number of pyridine rings is 1. The second-order valence-electron chi connectivity index (χ2n) is 4.48. The Labute approximate surface area is 113 Å². The number of rotatable bonds is 7. The zero-order valence-corrected chi connectivity index (χ0v) is 11.4. The van der Waals surface area contributed by atoms with Crippen LogP contribution in [0, 0.1) is 0 Å². The van der Waals surface area contributed by atoms with Crippen LogP contribution < -0.4 is 10.1 Å². The third kappa shape index (κ3) is 4.19. The van der Waals surface area contributed by atoms with E-state index in [4.69, 9.17) is 9.47 Å². The Morgan fingerprint density at radius 3 is 3.05 bits per heavy atom. The predicted molar refractivity (Wildman–Crippen MR) is 76.6 cm³/mol. The maximum absolute atomic E-state index is 5.86. The first-order valence-electron chi connectivity index (χ1n) is 6.50. The van der Waals surface area contributed by atoms with Crippen LogP contribution in [0.25, 0.3) is 10.9 Å². The van der Waals surface area contributed by atoms with Gasteiger partial charge in [-0.1, -0.05) is 6.07 Å². The smallest absolute Gasteiger partial charge is 0.121 e. The Morgan fingerprint density at radius 1 is 1.32 bits per heavy atom. The van der Waals surface area contributed by atoms with E-state index >= 15 is 0 Å². The van der Waals surface area contributed by atoms with Crippen LogP contribution in [0.2, 0.25) is 0 Å². The van der Waals surface area contributed by atoms with Gasteiger partial charge in [-0.15, -0.1) is 0 Å². The minimum Gasteiger partial charge on any atom is -0.489 e. The van der Waals surface area contributed by atoms with Crippen LogP contribution >= 0.6 is 0 Å². The zero-order chi connectivity index (χ0) is 13.5. The molecular formula is C15H20N2O2. The largest absolute Gasteiger partial charge is 0.489 e. The molecule has 0 aliphatic heterocycles. The summed E-state index contributed by atoms with van der Waals surface area (Å²) in [6, 6.07) is 9.96. The predicted octanol–water partition coefficient (Wildman–Crippen LogP) is 2.24. The SMILES string of the molecule is COCCNCC(C)Oc1ccc2cccnc2c1. The normalized spacial score (nSPS) is 12.5. The van der Waals surface area contributed by atoms with E-state index < -0.39 is 0 Å². The average Bonchev–Trinajstić information content (AvgIpc) is 2.43. The molecule has 102 valence electrons. The van der Waals surface area contributed by atoms with Gasteiger partial charge >= 0.3 is 0 Å². The molecule has 1 unspecified atom stereocenters. The summed E-state index contributed by atoms with van der Waals surface area (Å²) < 4.78 is 10.8. The number of ether oxygens (including phenoxy) is 2. The van der Waals surface area contributed by atoms with Crippen molar-refractivity contribution in [3.8, 4) is 5.75 Å². The van der Waals surface area contributed by atoms with Gasteiger partial charge in [-0.2, -0.15) is 0 Å². The Balaban J connectivity index is 1.89. The molecule has 0 bridgehead atoms. The van der Waals surface area contributed by atoms with Gasteiger partial charge in [0.25, 0.3) is 0 Å². The molecule has 0 aliphatic rings. The van der Waals surface area contributed by atoms with Crippen molar-refractivity contribution in [3.05, 3.63) is 36.5 Å². The summed E-state index contributed by atoms with van der Waals surface area (Å²) >= 11 is 0. The maximum atomic E-state index is 5.86. The van der Waals surface area contributed by atoms with Crippen LogP contribution in [0.5, 0.6) is 5.75 Å². The van der Waals surface area contributed by atoms with E-state index in [-0.39, 0.29) is 6.10 Å². The van der Waals surface area contributed by atoms with Gasteiger partial charge in [0.2, 0.25) is 0 Å². The lowest BCUT2D eigenvalue weighted by molar-refractivity contribution is 0.184. The number of nitrogens with zero attached hydrogens (tertiary/aromatic N) is 1. The highest BCUT2D eigenvalue weighted by molar-refractivity contribution is 5.79. The monoisotopic (exact) mass is 260 g/mol. The quantitative estimate of drug-likeness (QED) is 0.775. The minimum atomic E-state index is 0.109. The standard InChI is InChI=1S/C15H20N2O2/c1-12(11-16-8-9-18-2)19-14-6-5-13-4-3-7-17-15(13)10-14/h3-7,10,12,16H,8-9,11H2,1-2H3. The first-order chi connectivity index (χ1) is 9.29. The molecular weight excluding hydrogens is 240 g/mol. The minimum absolute atomic E-state index is 0.109. The zero-order valence-electron chi connectivity index (χ0n) is 11.4. The lowest BCUT2D eigenvalue weighted by atomic mass is 10.2. The average molecular weight is 260 g/mol. The van der Waals surface area contributed by atoms with E-state index in [9.17, 15) is 0 Å². The van der Waals surface area contributed by atoms with Crippen LogP contribution in [0.1, 0.15) is 6.92 Å². The number of methoxy groups -OCH3 is 1. The molecule has 0 aliphatic carbocycles. The van der Waals surface area contributed by atoms with E-state index in [1.807, 2.05) is 37.3 Å². The molecule has 4 nitrogen and oxygen atoms in total. The fourth-order valence-electron chi connectivity index (χ4n) is 1.87. The van der Waals surface area contributed by atoms with Crippen LogP contribution in [0.3, 0.4) is 0 Å². The molecule has 0 spiro atoms. The summed E-state index contributed by atoms with van der Waals surface area (Å²) in [5.74, 6) is 0.854. The topological polar surface area (TPSA) is 43.4 Å². The first kappa shape index (κ1) is 13.8. The Hall–Kier alpha value is -1.65. The van der Waals surface area contributed by atoms with E-state index in [0.717, 1.165) is 29.7 Å². The van der Waals surface area contributed by atoms with Gasteiger partial charge in [0.05, 0.1) is 12.1 Å². The molecule has 2 aromatic rings. The molecule has 19 heavy (non-hydrogen) atoms. The lowest BCUT2D eigenvalue weighted by Gasteiger charge is -2.15. The summed E-state index contributed by atoms with van der Waals surface area (Å²) in [4.78, 5) is 4.32. The molecule has 1 N–H and O–H groups in total. The van der Waals surface area contributed by atoms with Crippen LogP contribution in [-0.4, -0.2) is 37.9 Å². The van der Waals surface area contributed by atoms with Crippen molar-refractivity contribution in [2.24, 2.45) is 0 Å². The van der Waals surface area contributed by atoms with Gasteiger partial charge in [0.15, 0.2) is 0 Å². The molecule has 1 atom stereocenters. The van der Waals surface area contributed by atoms with Gasteiger partial charge < -0.3 is 14.8 Å². The third-order valence-corrected chi connectivity index (χ3v) is 2.83. The molecule has 1 aromatic heterocycles. The number of aromatic nitrogens is 1. The summed E-state index contributed by atoms with van der Waals surface area (Å²) in [6.07, 6.45) is 1.90. The number of nitrogens with one attached hydrogen (secondary N) is 1. The van der Waals surface area contributed by atoms with E-state index in [2.05, 4.69) is 10.3 Å². The highest BCUT2D eigenvalue weighted by Crippen LogP contribution is 2.19. The number of hydrogen-bond acceptors (Lipinski definition) is 4. The van der Waals surface area contributed by atoms with Crippen molar-refractivity contribution in [1.82, 2.24) is 10.3 Å². The van der Waals surface area contributed by atoms with Gasteiger partial charge in [-0.3, -0.25) is 4.98 Å². The number of hydrogen-bond donors (Lipinski definition) is 1. The summed E-state index contributed by atoms with van der Waals surface area (Å²) in [5, 5.41) is 4.40. The molecule has 4 heteroatoms. The molecule has 0 fully saturated rings. The molecule has 0 amide bonds. The molecule has 0 saturated heterocycles. The molecule has 1 aromatic carbocycles. The fraction of sp³-hybridized carbons (Fsp3) is 0.400. The maximum Gasteiger partial charge on any atom is 0.121 e. The molecule has 0 saturated carbocycles. The number of benzene rings is 1. The highest BCUT2D eigenvalue weighted by atomic mass is 16.5. The van der Waals surface area contributed by atoms with Gasteiger partial charge in [-0.25, -0.2) is 0 Å². The Kier molecular flexibility index (Phi) is 5.12. The van der Waals surface area contributed by atoms with Crippen molar-refractivity contribution in [3.63, 3.8) is 0 Å². The van der Waals surface area contributed by atoms with Crippen molar-refractivity contribution >= 4 is 10.9 Å². The molecule has 2 rings (SSSR count). The van der Waals surface area contributed by atoms with E-state index in [1.54, 1.807) is 13.3 Å². The summed E-state index contributed by atoms with van der Waals surface area (Å²) in [6.45, 7) is 4.39. The highest BCUT2D eigenvalue weighted by Gasteiger charge is 2.04. The van der Waals surface area contributed by atoms with Gasteiger partial charge in [-0.05, 0) is 25.1 Å². The first-order valence-corrected chi connectivity index (χ1v) is 6.50. The summed E-state index contributed by atoms with van der Waals surface area (Å²) in [5.41, 5.74) is 0.958. The fourth-order valence-corrected chi connectivity index (χ4v) is 1.87. The van der Waals surface area contributed by atoms with Crippen molar-refractivity contribution < 1.29 is 9.47 Å². The van der Waals surface area contributed by atoms with E-state index in [1.165, 1.54) is 0 Å². The lowest BCUT2D eigenvalue weighted by Crippen LogP contribution is -2.31. The third-order valence-electron chi connectivity index (χ3n) is 2.83. The van der Waals surface area contributed by atoms with Gasteiger partial charge in [0, 0.05) is 37.8 Å². The van der Waals surface area contributed by atoms with Crippen LogP contribution in [0.4, 0.5) is 0 Å². The van der Waals surface area contributed by atoms with Crippen molar-refractivity contribution in [1.29, 1.82) is 0 Å². The second-order valence-corrected chi connectivity index (χ2v) is 4.48. The van der Waals surface area contributed by atoms with Gasteiger partial charge in [0.1, 0.15) is 11.9 Å². The van der Waals surface area contributed by atoms with E-state index in [0.29, 0.717) is 6.61 Å². The second kappa shape index (κ2) is 7.07. The van der Waals surface area contributed by atoms with Crippen molar-refractivity contribution in [2.45, 2.75) is 13.0 Å². The molecule has 1 heterocycles. The Morgan fingerprint density at radius 2 is 2.21 bits per heavy atom. The summed E-state index contributed by atoms with van der Waals surface area (Å²) in [7, 11) is 1.70. The molecule has 0 radical (unpaired) electrons. The number of fused-ring (bicyclic) bond motifs is 1. The van der Waals surface area contributed by atoms with Crippen LogP contribution in [-0.2, 0) is 4.74 Å². The van der Waals surface area contributed by atoms with Crippen LogP contribution in [0.15, 0.2) is 36.5 Å². The Bertz CT molecular complexity index is 516. The van der Waals surface area contributed by atoms with Crippen molar-refractivity contribution in [2.75, 3.05) is 26.8 Å².